The van der Waals surface area contributed by atoms with Crippen molar-refractivity contribution >= 4 is 39.0 Å². The number of hydrogen-bond acceptors (Lipinski definition) is 4. The summed E-state index contributed by atoms with van der Waals surface area (Å²) in [5, 5.41) is 16.3. The molecule has 1 amide bonds. The van der Waals surface area contributed by atoms with E-state index in [2.05, 4.69) is 26.4 Å². The predicted molar refractivity (Wildman–Crippen MR) is 69.4 cm³/mol. The van der Waals surface area contributed by atoms with Crippen LogP contribution in [0, 0.1) is 5.92 Å². The largest absolute Gasteiger partial charge is 0.409 e. The molecule has 92 valence electrons. The second-order valence-electron chi connectivity index (χ2n) is 3.91. The van der Waals surface area contributed by atoms with E-state index < -0.39 is 0 Å². The highest BCUT2D eigenvalue weighted by Gasteiger charge is 2.35. The predicted octanol–water partition coefficient (Wildman–Crippen LogP) is 1.77. The smallest absolute Gasteiger partial charge is 0.263 e. The van der Waals surface area contributed by atoms with Gasteiger partial charge in [-0.1, -0.05) is 5.16 Å². The summed E-state index contributed by atoms with van der Waals surface area (Å²) in [6.07, 6.45) is 1.99. The molecule has 4 N–H and O–H groups in total. The summed E-state index contributed by atoms with van der Waals surface area (Å²) in [7, 11) is 0. The summed E-state index contributed by atoms with van der Waals surface area (Å²) in [6, 6.07) is 1.44. The lowest BCUT2D eigenvalue weighted by molar-refractivity contribution is 0.0946. The van der Waals surface area contributed by atoms with Crippen LogP contribution in [0.5, 0.6) is 0 Å². The van der Waals surface area contributed by atoms with Gasteiger partial charge in [-0.15, -0.1) is 11.3 Å². The Labute approximate surface area is 111 Å². The van der Waals surface area contributed by atoms with E-state index in [9.17, 15) is 4.79 Å². The molecule has 1 atom stereocenters. The monoisotopic (exact) mass is 317 g/mol. The molecule has 1 saturated carbocycles. The fraction of sp³-hybridized carbons (Fsp3) is 0.400. The molecule has 0 aliphatic heterocycles. The van der Waals surface area contributed by atoms with E-state index in [-0.39, 0.29) is 23.7 Å². The Balaban J connectivity index is 2.08. The van der Waals surface area contributed by atoms with Gasteiger partial charge in [0.1, 0.15) is 4.88 Å². The van der Waals surface area contributed by atoms with Crippen molar-refractivity contribution in [1.29, 1.82) is 0 Å². The SMILES string of the molecule is NC(=NO)C(NC(=O)c1sccc1Br)C1CC1. The lowest BCUT2D eigenvalue weighted by atomic mass is 10.1. The van der Waals surface area contributed by atoms with Crippen LogP contribution in [0.3, 0.4) is 0 Å². The van der Waals surface area contributed by atoms with Crippen LogP contribution in [-0.4, -0.2) is 23.0 Å². The standard InChI is InChI=1S/C10H12BrN3O2S/c11-6-3-4-17-8(6)10(15)13-7(5-1-2-5)9(12)14-16/h3-5,7,16H,1-2H2,(H2,12,14)(H,13,15). The number of nitrogens with zero attached hydrogens (tertiary/aromatic N) is 1. The quantitative estimate of drug-likeness (QED) is 0.342. The van der Waals surface area contributed by atoms with Gasteiger partial charge in [0.05, 0.1) is 6.04 Å². The normalized spacial score (nSPS) is 17.8. The molecule has 1 heterocycles. The summed E-state index contributed by atoms with van der Waals surface area (Å²) >= 11 is 4.65. The van der Waals surface area contributed by atoms with Gasteiger partial charge in [-0.25, -0.2) is 0 Å². The van der Waals surface area contributed by atoms with Crippen molar-refractivity contribution in [3.63, 3.8) is 0 Å². The van der Waals surface area contributed by atoms with Crippen molar-refractivity contribution in [2.45, 2.75) is 18.9 Å². The van der Waals surface area contributed by atoms with Gasteiger partial charge >= 0.3 is 0 Å². The number of nitrogens with two attached hydrogens (primary N) is 1. The van der Waals surface area contributed by atoms with Gasteiger partial charge < -0.3 is 16.3 Å². The van der Waals surface area contributed by atoms with Gasteiger partial charge in [-0.2, -0.15) is 0 Å². The number of oxime groups is 1. The van der Waals surface area contributed by atoms with Crippen molar-refractivity contribution in [3.8, 4) is 0 Å². The van der Waals surface area contributed by atoms with Gasteiger partial charge in [-0.05, 0) is 46.1 Å². The molecule has 1 aromatic rings. The van der Waals surface area contributed by atoms with Crippen molar-refractivity contribution in [2.75, 3.05) is 0 Å². The minimum atomic E-state index is -0.374. The third-order valence-electron chi connectivity index (χ3n) is 2.64. The average molecular weight is 318 g/mol. The molecule has 0 saturated heterocycles. The first-order valence-electron chi connectivity index (χ1n) is 5.14. The minimum Gasteiger partial charge on any atom is -0.409 e. The molecule has 1 fully saturated rings. The molecule has 0 aromatic carbocycles. The number of amidine groups is 1. The molecule has 17 heavy (non-hydrogen) atoms. The van der Waals surface area contributed by atoms with Gasteiger partial charge in [0.25, 0.3) is 5.91 Å². The lowest BCUT2D eigenvalue weighted by Gasteiger charge is -2.16. The zero-order valence-electron chi connectivity index (χ0n) is 8.89. The number of rotatable bonds is 4. The van der Waals surface area contributed by atoms with Crippen LogP contribution >= 0.6 is 27.3 Å². The molecule has 1 aliphatic carbocycles. The van der Waals surface area contributed by atoms with Crippen LogP contribution in [0.15, 0.2) is 21.1 Å². The van der Waals surface area contributed by atoms with Crippen LogP contribution in [0.2, 0.25) is 0 Å². The average Bonchev–Trinajstić information content (AvgIpc) is 3.07. The van der Waals surface area contributed by atoms with E-state index in [1.54, 1.807) is 0 Å². The Bertz CT molecular complexity index is 456. The Morgan fingerprint density at radius 2 is 2.41 bits per heavy atom. The fourth-order valence-corrected chi connectivity index (χ4v) is 3.04. The number of nitrogens with one attached hydrogen (secondary N) is 1. The van der Waals surface area contributed by atoms with Crippen molar-refractivity contribution in [1.82, 2.24) is 5.32 Å². The van der Waals surface area contributed by atoms with E-state index in [0.29, 0.717) is 4.88 Å². The second-order valence-corrected chi connectivity index (χ2v) is 5.68. The number of carbonyl (C=O) groups excluding carboxylic acids is 1. The van der Waals surface area contributed by atoms with E-state index in [1.165, 1.54) is 11.3 Å². The Hall–Kier alpha value is -1.08. The molecule has 0 radical (unpaired) electrons. The lowest BCUT2D eigenvalue weighted by Crippen LogP contribution is -2.46. The Kier molecular flexibility index (Phi) is 3.68. The molecule has 1 aliphatic rings. The summed E-state index contributed by atoms with van der Waals surface area (Å²) in [5.41, 5.74) is 5.57. The maximum atomic E-state index is 12.0. The second kappa shape index (κ2) is 5.05. The molecule has 1 unspecified atom stereocenters. The first-order chi connectivity index (χ1) is 8.13. The van der Waals surface area contributed by atoms with Crippen LogP contribution < -0.4 is 11.1 Å². The number of thiophene rings is 1. The van der Waals surface area contributed by atoms with Gasteiger partial charge in [0, 0.05) is 4.47 Å². The summed E-state index contributed by atoms with van der Waals surface area (Å²) in [5.74, 6) is 0.150. The highest BCUT2D eigenvalue weighted by atomic mass is 79.9. The first kappa shape index (κ1) is 12.4. The van der Waals surface area contributed by atoms with Crippen molar-refractivity contribution < 1.29 is 10.0 Å². The topological polar surface area (TPSA) is 87.7 Å². The molecule has 0 bridgehead atoms. The van der Waals surface area contributed by atoms with Crippen LogP contribution in [0.1, 0.15) is 22.5 Å². The number of carbonyl (C=O) groups is 1. The molecule has 0 spiro atoms. The molecule has 5 nitrogen and oxygen atoms in total. The third kappa shape index (κ3) is 2.78. The van der Waals surface area contributed by atoms with Gasteiger partial charge in [0.2, 0.25) is 0 Å². The van der Waals surface area contributed by atoms with Crippen molar-refractivity contribution in [3.05, 3.63) is 20.8 Å². The first-order valence-corrected chi connectivity index (χ1v) is 6.82. The Morgan fingerprint density at radius 1 is 1.71 bits per heavy atom. The van der Waals surface area contributed by atoms with Crippen LogP contribution in [-0.2, 0) is 0 Å². The molecule has 1 aromatic heterocycles. The zero-order chi connectivity index (χ0) is 12.4. The summed E-state index contributed by atoms with van der Waals surface area (Å²) in [4.78, 5) is 12.6. The van der Waals surface area contributed by atoms with Gasteiger partial charge in [-0.3, -0.25) is 4.79 Å². The van der Waals surface area contributed by atoms with E-state index >= 15 is 0 Å². The van der Waals surface area contributed by atoms with Crippen LogP contribution in [0.4, 0.5) is 0 Å². The summed E-state index contributed by atoms with van der Waals surface area (Å²) < 4.78 is 0.758. The molecular weight excluding hydrogens is 306 g/mol. The molecular formula is C10H12BrN3O2S. The highest BCUT2D eigenvalue weighted by Crippen LogP contribution is 2.33. The van der Waals surface area contributed by atoms with Gasteiger partial charge in [0.15, 0.2) is 5.84 Å². The summed E-state index contributed by atoms with van der Waals surface area (Å²) in [6.45, 7) is 0. The van der Waals surface area contributed by atoms with Crippen molar-refractivity contribution in [2.24, 2.45) is 16.8 Å². The van der Waals surface area contributed by atoms with E-state index in [1.807, 2.05) is 11.4 Å². The van der Waals surface area contributed by atoms with E-state index in [0.717, 1.165) is 17.3 Å². The maximum absolute atomic E-state index is 12.0. The highest BCUT2D eigenvalue weighted by molar-refractivity contribution is 9.10. The van der Waals surface area contributed by atoms with E-state index in [4.69, 9.17) is 10.9 Å². The van der Waals surface area contributed by atoms with Crippen LogP contribution in [0.25, 0.3) is 0 Å². The Morgan fingerprint density at radius 3 is 2.88 bits per heavy atom. The zero-order valence-corrected chi connectivity index (χ0v) is 11.3. The number of hydrogen-bond donors (Lipinski definition) is 3. The molecule has 7 heteroatoms. The minimum absolute atomic E-state index is 0.0635. The number of halogens is 1. The fourth-order valence-electron chi connectivity index (χ4n) is 1.59. The number of amides is 1. The molecule has 2 rings (SSSR count). The maximum Gasteiger partial charge on any atom is 0.263 e. The third-order valence-corrected chi connectivity index (χ3v) is 4.47.